The molecule has 0 saturated carbocycles. The maximum Gasteiger partial charge on any atom is 0.0881 e. The summed E-state index contributed by atoms with van der Waals surface area (Å²) in [4.78, 5) is 0. The first kappa shape index (κ1) is 15.7. The molecule has 0 aliphatic rings. The van der Waals surface area contributed by atoms with Gasteiger partial charge in [-0.3, -0.25) is 10.5 Å². The van der Waals surface area contributed by atoms with E-state index in [0.717, 1.165) is 18.7 Å². The van der Waals surface area contributed by atoms with Crippen LogP contribution in [0.4, 0.5) is 0 Å². The zero-order chi connectivity index (χ0) is 15.5. The molecule has 0 radical (unpaired) electrons. The first-order valence-electron chi connectivity index (χ1n) is 7.56. The van der Waals surface area contributed by atoms with Crippen LogP contribution < -0.4 is 11.3 Å². The van der Waals surface area contributed by atoms with Crippen molar-refractivity contribution in [2.75, 3.05) is 0 Å². The number of hydrogen-bond acceptors (Lipinski definition) is 3. The van der Waals surface area contributed by atoms with Crippen LogP contribution in [-0.2, 0) is 12.0 Å². The van der Waals surface area contributed by atoms with Crippen LogP contribution >= 0.6 is 0 Å². The van der Waals surface area contributed by atoms with Crippen LogP contribution in [0, 0.1) is 0 Å². The summed E-state index contributed by atoms with van der Waals surface area (Å²) in [5.41, 5.74) is 6.67. The molecule has 3 N–H and O–H groups in total. The molecule has 0 saturated heterocycles. The van der Waals surface area contributed by atoms with Gasteiger partial charge in [-0.15, -0.1) is 0 Å². The fraction of sp³-hybridized carbons (Fsp3) is 0.471. The topological polar surface area (TPSA) is 55.9 Å². The molecule has 0 aliphatic heterocycles. The van der Waals surface area contributed by atoms with E-state index in [4.69, 9.17) is 5.84 Å². The average molecular weight is 286 g/mol. The van der Waals surface area contributed by atoms with Gasteiger partial charge in [-0.1, -0.05) is 52.0 Å². The molecule has 0 bridgehead atoms. The molecular formula is C17H26N4. The number of hydrogen-bond donors (Lipinski definition) is 2. The molecule has 1 heterocycles. The molecule has 1 aromatic carbocycles. The molecule has 21 heavy (non-hydrogen) atoms. The molecule has 1 atom stereocenters. The monoisotopic (exact) mass is 286 g/mol. The van der Waals surface area contributed by atoms with Crippen molar-refractivity contribution in [1.82, 2.24) is 15.2 Å². The molecule has 0 aliphatic carbocycles. The number of aromatic nitrogens is 2. The smallest absolute Gasteiger partial charge is 0.0881 e. The third-order valence-corrected chi connectivity index (χ3v) is 3.73. The summed E-state index contributed by atoms with van der Waals surface area (Å²) in [7, 11) is 0. The van der Waals surface area contributed by atoms with E-state index >= 15 is 0 Å². The lowest BCUT2D eigenvalue weighted by molar-refractivity contribution is 0.507. The lowest BCUT2D eigenvalue weighted by Crippen LogP contribution is -2.32. The molecule has 2 aromatic rings. The van der Waals surface area contributed by atoms with E-state index in [1.807, 2.05) is 16.9 Å². The molecule has 0 amide bonds. The van der Waals surface area contributed by atoms with Gasteiger partial charge >= 0.3 is 0 Å². The number of hydrazine groups is 1. The van der Waals surface area contributed by atoms with Crippen molar-refractivity contribution in [3.63, 3.8) is 0 Å². The Bertz CT molecular complexity index is 580. The molecule has 1 unspecified atom stereocenters. The maximum absolute atomic E-state index is 5.88. The second-order valence-corrected chi connectivity index (χ2v) is 6.42. The SMILES string of the molecule is CCCn1nccc1C(NN)c1ccccc1C(C)(C)C. The van der Waals surface area contributed by atoms with E-state index in [1.54, 1.807) is 0 Å². The minimum Gasteiger partial charge on any atom is -0.271 e. The van der Waals surface area contributed by atoms with Crippen molar-refractivity contribution in [2.24, 2.45) is 5.84 Å². The summed E-state index contributed by atoms with van der Waals surface area (Å²) in [5, 5.41) is 4.41. The van der Waals surface area contributed by atoms with Crippen LogP contribution in [0.5, 0.6) is 0 Å². The number of aryl methyl sites for hydroxylation is 1. The normalized spacial score (nSPS) is 13.4. The quantitative estimate of drug-likeness (QED) is 0.656. The van der Waals surface area contributed by atoms with Crippen LogP contribution in [0.3, 0.4) is 0 Å². The van der Waals surface area contributed by atoms with Crippen molar-refractivity contribution in [1.29, 1.82) is 0 Å². The van der Waals surface area contributed by atoms with Gasteiger partial charge in [-0.2, -0.15) is 5.10 Å². The maximum atomic E-state index is 5.88. The standard InChI is InChI=1S/C17H26N4/c1-5-12-21-15(10-11-19-21)16(20-18)13-8-6-7-9-14(13)17(2,3)4/h6-11,16,20H,5,12,18H2,1-4H3. The zero-order valence-electron chi connectivity index (χ0n) is 13.4. The highest BCUT2D eigenvalue weighted by molar-refractivity contribution is 5.39. The Morgan fingerprint density at radius 1 is 1.24 bits per heavy atom. The number of rotatable bonds is 5. The molecule has 114 valence electrons. The van der Waals surface area contributed by atoms with Crippen molar-refractivity contribution < 1.29 is 0 Å². The van der Waals surface area contributed by atoms with Gasteiger partial charge in [0.1, 0.15) is 0 Å². The summed E-state index contributed by atoms with van der Waals surface area (Å²) in [6.07, 6.45) is 2.89. The van der Waals surface area contributed by atoms with Crippen LogP contribution in [0.1, 0.15) is 57.0 Å². The van der Waals surface area contributed by atoms with Crippen molar-refractivity contribution >= 4 is 0 Å². The third-order valence-electron chi connectivity index (χ3n) is 3.73. The predicted octanol–water partition coefficient (Wildman–Crippen LogP) is 3.14. The highest BCUT2D eigenvalue weighted by Gasteiger charge is 2.24. The predicted molar refractivity (Wildman–Crippen MR) is 86.8 cm³/mol. The van der Waals surface area contributed by atoms with Gasteiger partial charge in [0, 0.05) is 12.7 Å². The lowest BCUT2D eigenvalue weighted by atomic mass is 9.81. The average Bonchev–Trinajstić information content (AvgIpc) is 2.88. The van der Waals surface area contributed by atoms with E-state index in [0.29, 0.717) is 0 Å². The lowest BCUT2D eigenvalue weighted by Gasteiger charge is -2.27. The first-order valence-corrected chi connectivity index (χ1v) is 7.56. The fourth-order valence-electron chi connectivity index (χ4n) is 2.75. The fourth-order valence-corrected chi connectivity index (χ4v) is 2.75. The number of nitrogens with one attached hydrogen (secondary N) is 1. The number of benzene rings is 1. The Morgan fingerprint density at radius 3 is 2.57 bits per heavy atom. The summed E-state index contributed by atoms with van der Waals surface area (Å²) in [6, 6.07) is 10.5. The highest BCUT2D eigenvalue weighted by atomic mass is 15.3. The van der Waals surface area contributed by atoms with Gasteiger partial charge in [0.05, 0.1) is 11.7 Å². The molecule has 0 fully saturated rings. The van der Waals surface area contributed by atoms with Gasteiger partial charge in [0.15, 0.2) is 0 Å². The second kappa shape index (κ2) is 6.41. The van der Waals surface area contributed by atoms with Crippen molar-refractivity contribution in [2.45, 2.75) is 52.1 Å². The molecule has 4 heteroatoms. The molecule has 2 rings (SSSR count). The summed E-state index contributed by atoms with van der Waals surface area (Å²) >= 11 is 0. The van der Waals surface area contributed by atoms with Crippen LogP contribution in [0.25, 0.3) is 0 Å². The Hall–Kier alpha value is -1.65. The van der Waals surface area contributed by atoms with Crippen LogP contribution in [0.15, 0.2) is 36.5 Å². The van der Waals surface area contributed by atoms with E-state index in [9.17, 15) is 0 Å². The van der Waals surface area contributed by atoms with Gasteiger partial charge in [0.2, 0.25) is 0 Å². The third kappa shape index (κ3) is 3.34. The Balaban J connectivity index is 2.50. The van der Waals surface area contributed by atoms with E-state index in [1.165, 1.54) is 11.1 Å². The van der Waals surface area contributed by atoms with E-state index in [2.05, 4.69) is 62.5 Å². The highest BCUT2D eigenvalue weighted by Crippen LogP contribution is 2.32. The number of nitrogens with two attached hydrogens (primary N) is 1. The summed E-state index contributed by atoms with van der Waals surface area (Å²) in [6.45, 7) is 9.73. The molecule has 0 spiro atoms. The molecule has 1 aromatic heterocycles. The van der Waals surface area contributed by atoms with Gasteiger partial charge in [0.25, 0.3) is 0 Å². The van der Waals surface area contributed by atoms with E-state index in [-0.39, 0.29) is 11.5 Å². The first-order chi connectivity index (χ1) is 9.99. The van der Waals surface area contributed by atoms with Crippen molar-refractivity contribution in [3.05, 3.63) is 53.3 Å². The van der Waals surface area contributed by atoms with Gasteiger partial charge in [-0.05, 0) is 29.0 Å². The zero-order valence-corrected chi connectivity index (χ0v) is 13.4. The molecule has 4 nitrogen and oxygen atoms in total. The van der Waals surface area contributed by atoms with Gasteiger partial charge < -0.3 is 0 Å². The molecular weight excluding hydrogens is 260 g/mol. The summed E-state index contributed by atoms with van der Waals surface area (Å²) in [5.74, 6) is 5.88. The Morgan fingerprint density at radius 2 is 1.95 bits per heavy atom. The largest absolute Gasteiger partial charge is 0.271 e. The second-order valence-electron chi connectivity index (χ2n) is 6.42. The minimum atomic E-state index is -0.0468. The minimum absolute atomic E-state index is 0.0468. The van der Waals surface area contributed by atoms with Gasteiger partial charge in [-0.25, -0.2) is 5.43 Å². The summed E-state index contributed by atoms with van der Waals surface area (Å²) < 4.78 is 2.03. The Kier molecular flexibility index (Phi) is 4.80. The Labute approximate surface area is 127 Å². The van der Waals surface area contributed by atoms with Crippen LogP contribution in [0.2, 0.25) is 0 Å². The number of nitrogens with zero attached hydrogens (tertiary/aromatic N) is 2. The van der Waals surface area contributed by atoms with E-state index < -0.39 is 0 Å². The van der Waals surface area contributed by atoms with Crippen LogP contribution in [-0.4, -0.2) is 9.78 Å². The van der Waals surface area contributed by atoms with Crippen molar-refractivity contribution in [3.8, 4) is 0 Å².